The van der Waals surface area contributed by atoms with Crippen LogP contribution in [-0.4, -0.2) is 52.0 Å². The molecule has 20 heavy (non-hydrogen) atoms. The molecule has 2 fully saturated rings. The minimum Gasteiger partial charge on any atom is -0.481 e. The van der Waals surface area contributed by atoms with E-state index in [1.165, 1.54) is 0 Å². The number of thioether (sulfide) groups is 1. The summed E-state index contributed by atoms with van der Waals surface area (Å²) in [4.78, 5) is 36.5. The van der Waals surface area contributed by atoms with Gasteiger partial charge in [-0.2, -0.15) is 0 Å². The van der Waals surface area contributed by atoms with Crippen LogP contribution < -0.4 is 5.32 Å². The van der Waals surface area contributed by atoms with Gasteiger partial charge < -0.3 is 15.3 Å². The highest BCUT2D eigenvalue weighted by Gasteiger charge is 2.43. The monoisotopic (exact) mass is 300 g/mol. The Bertz CT molecular complexity index is 419. The molecular weight excluding hydrogens is 280 g/mol. The SMILES string of the molecule is CCCC1(C(=O)O)CCN(C(=O)C2CSC(=O)N2)CC1. The molecule has 2 N–H and O–H groups in total. The van der Waals surface area contributed by atoms with Crippen molar-refractivity contribution in [3.8, 4) is 0 Å². The van der Waals surface area contributed by atoms with E-state index in [9.17, 15) is 19.5 Å². The van der Waals surface area contributed by atoms with Crippen molar-refractivity contribution in [3.63, 3.8) is 0 Å². The van der Waals surface area contributed by atoms with Crippen molar-refractivity contribution in [2.24, 2.45) is 5.41 Å². The number of rotatable bonds is 4. The van der Waals surface area contributed by atoms with Gasteiger partial charge in [-0.25, -0.2) is 0 Å². The molecule has 0 radical (unpaired) electrons. The number of nitrogens with one attached hydrogen (secondary N) is 1. The number of likely N-dealkylation sites (tertiary alicyclic amines) is 1. The molecule has 2 amide bonds. The lowest BCUT2D eigenvalue weighted by Crippen LogP contribution is -2.51. The van der Waals surface area contributed by atoms with Gasteiger partial charge in [0.25, 0.3) is 5.24 Å². The second kappa shape index (κ2) is 6.03. The molecule has 2 rings (SSSR count). The van der Waals surface area contributed by atoms with Crippen LogP contribution in [0.5, 0.6) is 0 Å². The van der Waals surface area contributed by atoms with E-state index in [0.29, 0.717) is 38.1 Å². The van der Waals surface area contributed by atoms with Crippen LogP contribution in [0.2, 0.25) is 0 Å². The molecule has 0 spiro atoms. The van der Waals surface area contributed by atoms with Crippen LogP contribution in [0.1, 0.15) is 32.6 Å². The van der Waals surface area contributed by atoms with E-state index in [0.717, 1.165) is 18.2 Å². The summed E-state index contributed by atoms with van der Waals surface area (Å²) in [7, 11) is 0. The Balaban J connectivity index is 1.94. The van der Waals surface area contributed by atoms with Crippen LogP contribution >= 0.6 is 11.8 Å². The van der Waals surface area contributed by atoms with E-state index in [4.69, 9.17) is 0 Å². The summed E-state index contributed by atoms with van der Waals surface area (Å²) >= 11 is 1.12. The van der Waals surface area contributed by atoms with E-state index in [1.54, 1.807) is 4.90 Å². The van der Waals surface area contributed by atoms with Gasteiger partial charge in [-0.05, 0) is 19.3 Å². The molecule has 0 saturated carbocycles. The number of carbonyl (C=O) groups is 3. The summed E-state index contributed by atoms with van der Waals surface area (Å²) in [5, 5.41) is 11.9. The highest BCUT2D eigenvalue weighted by atomic mass is 32.2. The molecule has 7 heteroatoms. The van der Waals surface area contributed by atoms with Crippen LogP contribution in [-0.2, 0) is 9.59 Å². The number of amides is 2. The van der Waals surface area contributed by atoms with E-state index >= 15 is 0 Å². The molecule has 6 nitrogen and oxygen atoms in total. The van der Waals surface area contributed by atoms with Crippen LogP contribution in [0, 0.1) is 5.41 Å². The third kappa shape index (κ3) is 2.92. The van der Waals surface area contributed by atoms with Gasteiger partial charge in [0.1, 0.15) is 6.04 Å². The predicted molar refractivity (Wildman–Crippen MR) is 75.6 cm³/mol. The Kier molecular flexibility index (Phi) is 4.57. The molecule has 0 aromatic carbocycles. The van der Waals surface area contributed by atoms with Crippen molar-refractivity contribution in [3.05, 3.63) is 0 Å². The first-order valence-electron chi connectivity index (χ1n) is 6.94. The number of aliphatic carboxylic acids is 1. The third-order valence-electron chi connectivity index (χ3n) is 4.19. The van der Waals surface area contributed by atoms with E-state index in [-0.39, 0.29) is 11.1 Å². The normalized spacial score (nSPS) is 25.4. The zero-order valence-electron chi connectivity index (χ0n) is 11.6. The lowest BCUT2D eigenvalue weighted by molar-refractivity contribution is -0.155. The Morgan fingerprint density at radius 3 is 2.55 bits per heavy atom. The first-order chi connectivity index (χ1) is 9.48. The number of nitrogens with zero attached hydrogens (tertiary/aromatic N) is 1. The molecule has 1 unspecified atom stereocenters. The van der Waals surface area contributed by atoms with Crippen LogP contribution in [0.25, 0.3) is 0 Å². The Morgan fingerprint density at radius 2 is 2.10 bits per heavy atom. The second-order valence-corrected chi connectivity index (χ2v) is 6.45. The maximum atomic E-state index is 12.2. The lowest BCUT2D eigenvalue weighted by Gasteiger charge is -2.39. The number of carboxylic acid groups (broad SMARTS) is 1. The van der Waals surface area contributed by atoms with Gasteiger partial charge >= 0.3 is 5.97 Å². The van der Waals surface area contributed by atoms with Crippen LogP contribution in [0.15, 0.2) is 0 Å². The van der Waals surface area contributed by atoms with Crippen molar-refractivity contribution >= 4 is 28.9 Å². The number of hydrogen-bond donors (Lipinski definition) is 2. The van der Waals surface area contributed by atoms with Gasteiger partial charge in [0.15, 0.2) is 0 Å². The van der Waals surface area contributed by atoms with Crippen LogP contribution in [0.3, 0.4) is 0 Å². The smallest absolute Gasteiger partial charge is 0.309 e. The zero-order valence-corrected chi connectivity index (χ0v) is 12.4. The standard InChI is InChI=1S/C13H20N2O4S/c1-2-3-13(11(17)18)4-6-15(7-5-13)10(16)9-8-20-12(19)14-9/h9H,2-8H2,1H3,(H,14,19)(H,17,18). The average Bonchev–Trinajstić information content (AvgIpc) is 2.85. The summed E-state index contributed by atoms with van der Waals surface area (Å²) in [6.07, 6.45) is 2.47. The summed E-state index contributed by atoms with van der Waals surface area (Å²) in [5.41, 5.74) is -0.681. The largest absolute Gasteiger partial charge is 0.481 e. The van der Waals surface area contributed by atoms with Crippen molar-refractivity contribution < 1.29 is 19.5 Å². The first kappa shape index (κ1) is 15.2. The molecule has 0 bridgehead atoms. The van der Waals surface area contributed by atoms with Gasteiger partial charge in [0, 0.05) is 18.8 Å². The fourth-order valence-electron chi connectivity index (χ4n) is 2.94. The fourth-order valence-corrected chi connectivity index (χ4v) is 3.71. The first-order valence-corrected chi connectivity index (χ1v) is 7.92. The fraction of sp³-hybridized carbons (Fsp3) is 0.769. The second-order valence-electron chi connectivity index (χ2n) is 5.46. The molecule has 2 saturated heterocycles. The molecule has 0 aliphatic carbocycles. The highest BCUT2D eigenvalue weighted by Crippen LogP contribution is 2.36. The molecule has 1 atom stereocenters. The minimum absolute atomic E-state index is 0.0844. The van der Waals surface area contributed by atoms with Crippen molar-refractivity contribution in [2.75, 3.05) is 18.8 Å². The molecule has 0 aromatic heterocycles. The van der Waals surface area contributed by atoms with Crippen molar-refractivity contribution in [2.45, 2.75) is 38.6 Å². The quantitative estimate of drug-likeness (QED) is 0.817. The molecule has 2 heterocycles. The van der Waals surface area contributed by atoms with Gasteiger partial charge in [0.2, 0.25) is 5.91 Å². The maximum Gasteiger partial charge on any atom is 0.309 e. The minimum atomic E-state index is -0.754. The number of carbonyl (C=O) groups excluding carboxylic acids is 2. The number of piperidine rings is 1. The topological polar surface area (TPSA) is 86.7 Å². The van der Waals surface area contributed by atoms with E-state index in [2.05, 4.69) is 5.32 Å². The summed E-state index contributed by atoms with van der Waals surface area (Å²) in [5.74, 6) is -0.372. The molecule has 2 aliphatic rings. The predicted octanol–water partition coefficient (Wildman–Crippen LogP) is 1.30. The number of carboxylic acids is 1. The highest BCUT2D eigenvalue weighted by molar-refractivity contribution is 8.14. The zero-order chi connectivity index (χ0) is 14.8. The van der Waals surface area contributed by atoms with Crippen molar-refractivity contribution in [1.82, 2.24) is 10.2 Å². The van der Waals surface area contributed by atoms with E-state index < -0.39 is 17.4 Å². The van der Waals surface area contributed by atoms with Gasteiger partial charge in [-0.1, -0.05) is 25.1 Å². The Labute approximate surface area is 122 Å². The van der Waals surface area contributed by atoms with Gasteiger partial charge in [0.05, 0.1) is 5.41 Å². The lowest BCUT2D eigenvalue weighted by atomic mass is 9.75. The molecule has 2 aliphatic heterocycles. The van der Waals surface area contributed by atoms with Crippen molar-refractivity contribution in [1.29, 1.82) is 0 Å². The molecular formula is C13H20N2O4S. The average molecular weight is 300 g/mol. The third-order valence-corrected chi connectivity index (χ3v) is 5.07. The summed E-state index contributed by atoms with van der Waals surface area (Å²) in [6, 6.07) is -0.448. The van der Waals surface area contributed by atoms with Gasteiger partial charge in [-0.3, -0.25) is 14.4 Å². The summed E-state index contributed by atoms with van der Waals surface area (Å²) < 4.78 is 0. The molecule has 112 valence electrons. The summed E-state index contributed by atoms with van der Waals surface area (Å²) in [6.45, 7) is 2.90. The Morgan fingerprint density at radius 1 is 1.45 bits per heavy atom. The number of hydrogen-bond acceptors (Lipinski definition) is 4. The maximum absolute atomic E-state index is 12.2. The van der Waals surface area contributed by atoms with Gasteiger partial charge in [-0.15, -0.1) is 0 Å². The van der Waals surface area contributed by atoms with E-state index in [1.807, 2.05) is 6.92 Å². The Hall–Kier alpha value is -1.24. The molecule has 0 aromatic rings. The van der Waals surface area contributed by atoms with Crippen LogP contribution in [0.4, 0.5) is 4.79 Å².